The molecule has 0 saturated heterocycles. The first-order valence-corrected chi connectivity index (χ1v) is 13.5. The van der Waals surface area contributed by atoms with Crippen LogP contribution in [-0.4, -0.2) is 47.2 Å². The maximum atomic E-state index is 11.3. The van der Waals surface area contributed by atoms with E-state index < -0.39 is 18.0 Å². The summed E-state index contributed by atoms with van der Waals surface area (Å²) < 4.78 is 0. The lowest BCUT2D eigenvalue weighted by molar-refractivity contribution is -0.139. The molecule has 0 unspecified atom stereocenters. The van der Waals surface area contributed by atoms with Crippen molar-refractivity contribution >= 4 is 17.8 Å². The quantitative estimate of drug-likeness (QED) is 0.127. The van der Waals surface area contributed by atoms with Crippen molar-refractivity contribution in [1.82, 2.24) is 5.32 Å². The van der Waals surface area contributed by atoms with Crippen LogP contribution in [0.15, 0.2) is 0 Å². The molecule has 0 bridgehead atoms. The van der Waals surface area contributed by atoms with Crippen molar-refractivity contribution in [3.63, 3.8) is 0 Å². The molecular weight excluding hydrogens is 434 g/mol. The van der Waals surface area contributed by atoms with Crippen molar-refractivity contribution in [2.24, 2.45) is 11.5 Å². The van der Waals surface area contributed by atoms with E-state index in [0.29, 0.717) is 19.4 Å². The van der Waals surface area contributed by atoms with Gasteiger partial charge < -0.3 is 27.0 Å². The molecule has 7 N–H and O–H groups in total. The number of carbonyl (C=O) groups is 3. The molecule has 0 spiro atoms. The Labute approximate surface area is 207 Å². The van der Waals surface area contributed by atoms with Crippen molar-refractivity contribution in [2.75, 3.05) is 13.1 Å². The zero-order valence-electron chi connectivity index (χ0n) is 21.7. The molecule has 0 aromatic rings. The summed E-state index contributed by atoms with van der Waals surface area (Å²) >= 11 is 0. The molecule has 0 aliphatic rings. The summed E-state index contributed by atoms with van der Waals surface area (Å²) in [7, 11) is 0. The number of aliphatic carboxylic acids is 2. The Bertz CT molecular complexity index is 489. The predicted octanol–water partition coefficient (Wildman–Crippen LogP) is 4.98. The fraction of sp³-hybridized carbons (Fsp3) is 0.885. The summed E-state index contributed by atoms with van der Waals surface area (Å²) in [5, 5.41) is 19.2. The van der Waals surface area contributed by atoms with Crippen LogP contribution in [0.5, 0.6) is 0 Å². The van der Waals surface area contributed by atoms with Gasteiger partial charge in [0.15, 0.2) is 0 Å². The maximum absolute atomic E-state index is 11.3. The van der Waals surface area contributed by atoms with Gasteiger partial charge in [0.05, 0.1) is 0 Å². The second-order valence-corrected chi connectivity index (χ2v) is 9.10. The number of rotatable bonds is 23. The fourth-order valence-corrected chi connectivity index (χ4v) is 3.55. The molecule has 0 fully saturated rings. The van der Waals surface area contributed by atoms with Crippen LogP contribution in [0.2, 0.25) is 0 Å². The lowest BCUT2D eigenvalue weighted by atomic mass is 10.0. The Morgan fingerprint density at radius 3 is 1.53 bits per heavy atom. The molecule has 34 heavy (non-hydrogen) atoms. The van der Waals surface area contributed by atoms with E-state index in [-0.39, 0.29) is 12.5 Å². The van der Waals surface area contributed by atoms with E-state index >= 15 is 0 Å². The second kappa shape index (κ2) is 27.6. The molecule has 0 aromatic heterocycles. The zero-order valence-corrected chi connectivity index (χ0v) is 21.7. The number of hydrogen-bond acceptors (Lipinski definition) is 5. The van der Waals surface area contributed by atoms with E-state index in [1.807, 2.05) is 0 Å². The zero-order chi connectivity index (χ0) is 25.9. The number of nitrogens with two attached hydrogens (primary N) is 2. The first-order chi connectivity index (χ1) is 16.3. The lowest BCUT2D eigenvalue weighted by Crippen LogP contribution is -2.29. The number of unbranched alkanes of at least 4 members (excludes halogenated alkanes) is 15. The average molecular weight is 488 g/mol. The molecule has 0 saturated carbocycles. The highest BCUT2D eigenvalue weighted by Gasteiger charge is 2.09. The molecule has 8 heteroatoms. The molecule has 0 heterocycles. The van der Waals surface area contributed by atoms with Crippen molar-refractivity contribution in [3.05, 3.63) is 0 Å². The Kier molecular flexibility index (Phi) is 28.0. The molecule has 0 rings (SSSR count). The monoisotopic (exact) mass is 487 g/mol. The minimum absolute atomic E-state index is 0.146. The van der Waals surface area contributed by atoms with Gasteiger partial charge >= 0.3 is 11.9 Å². The van der Waals surface area contributed by atoms with Crippen molar-refractivity contribution in [2.45, 2.75) is 135 Å². The predicted molar refractivity (Wildman–Crippen MR) is 139 cm³/mol. The molecule has 1 amide bonds. The smallest absolute Gasteiger partial charge is 0.322 e. The Morgan fingerprint density at radius 1 is 0.706 bits per heavy atom. The third-order valence-electron chi connectivity index (χ3n) is 5.73. The number of carbonyl (C=O) groups excluding carboxylic acids is 1. The normalized spacial score (nSPS) is 11.4. The van der Waals surface area contributed by atoms with E-state index in [2.05, 4.69) is 12.2 Å². The van der Waals surface area contributed by atoms with Gasteiger partial charge in [0.25, 0.3) is 0 Å². The van der Waals surface area contributed by atoms with Gasteiger partial charge in [-0.1, -0.05) is 103 Å². The van der Waals surface area contributed by atoms with Crippen LogP contribution in [0.3, 0.4) is 0 Å². The van der Waals surface area contributed by atoms with Crippen molar-refractivity contribution in [3.8, 4) is 0 Å². The highest BCUT2D eigenvalue weighted by Crippen LogP contribution is 2.13. The summed E-state index contributed by atoms with van der Waals surface area (Å²) in [5.41, 5.74) is 10.4. The van der Waals surface area contributed by atoms with Crippen molar-refractivity contribution in [1.29, 1.82) is 0 Å². The number of carboxylic acid groups (broad SMARTS) is 2. The van der Waals surface area contributed by atoms with Crippen LogP contribution < -0.4 is 16.8 Å². The average Bonchev–Trinajstić information content (AvgIpc) is 2.80. The van der Waals surface area contributed by atoms with E-state index in [1.54, 1.807) is 0 Å². The number of carboxylic acids is 2. The highest BCUT2D eigenvalue weighted by molar-refractivity contribution is 5.80. The summed E-state index contributed by atoms with van der Waals surface area (Å²) in [6, 6.07) is -0.716. The van der Waals surface area contributed by atoms with Gasteiger partial charge in [-0.15, -0.1) is 0 Å². The first kappa shape index (κ1) is 34.5. The van der Waals surface area contributed by atoms with E-state index in [4.69, 9.17) is 21.7 Å². The summed E-state index contributed by atoms with van der Waals surface area (Å²) in [4.78, 5) is 31.7. The molecular formula is C26H53N3O5. The van der Waals surface area contributed by atoms with Crippen LogP contribution in [-0.2, 0) is 14.4 Å². The Balaban J connectivity index is 0. The van der Waals surface area contributed by atoms with E-state index in [1.165, 1.54) is 83.5 Å². The van der Waals surface area contributed by atoms with Gasteiger partial charge in [-0.25, -0.2) is 0 Å². The van der Waals surface area contributed by atoms with Gasteiger partial charge in [0.1, 0.15) is 12.6 Å². The molecule has 0 aliphatic carbocycles. The minimum Gasteiger partial charge on any atom is -0.480 e. The Hall–Kier alpha value is -1.67. The second-order valence-electron chi connectivity index (χ2n) is 9.10. The lowest BCUT2D eigenvalue weighted by Gasteiger charge is -2.04. The van der Waals surface area contributed by atoms with E-state index in [9.17, 15) is 14.4 Å². The molecule has 8 nitrogen and oxygen atoms in total. The number of nitrogens with one attached hydrogen (secondary N) is 1. The molecule has 0 aliphatic heterocycles. The highest BCUT2D eigenvalue weighted by atomic mass is 16.4. The van der Waals surface area contributed by atoms with Gasteiger partial charge in [-0.05, 0) is 25.8 Å². The summed E-state index contributed by atoms with van der Waals surface area (Å²) in [6.07, 6.45) is 22.2. The maximum Gasteiger partial charge on any atom is 0.322 e. The van der Waals surface area contributed by atoms with Gasteiger partial charge in [-0.3, -0.25) is 14.4 Å². The fourth-order valence-electron chi connectivity index (χ4n) is 3.55. The molecule has 0 aromatic carbocycles. The molecule has 0 radical (unpaired) electrons. The molecule has 1 atom stereocenters. The summed E-state index contributed by atoms with van der Waals surface area (Å²) in [5.74, 6) is -2.07. The van der Waals surface area contributed by atoms with Crippen LogP contribution >= 0.6 is 0 Å². The van der Waals surface area contributed by atoms with Gasteiger partial charge in [-0.2, -0.15) is 0 Å². The minimum atomic E-state index is -0.986. The molecule has 202 valence electrons. The van der Waals surface area contributed by atoms with E-state index in [0.717, 1.165) is 25.7 Å². The van der Waals surface area contributed by atoms with Gasteiger partial charge in [0.2, 0.25) is 5.91 Å². The third kappa shape index (κ3) is 30.3. The largest absolute Gasteiger partial charge is 0.480 e. The van der Waals surface area contributed by atoms with Gasteiger partial charge in [0, 0.05) is 6.42 Å². The van der Waals surface area contributed by atoms with Crippen LogP contribution in [0.4, 0.5) is 0 Å². The third-order valence-corrected chi connectivity index (χ3v) is 5.73. The summed E-state index contributed by atoms with van der Waals surface area (Å²) in [6.45, 7) is 2.60. The Morgan fingerprint density at radius 2 is 1.15 bits per heavy atom. The number of amides is 1. The van der Waals surface area contributed by atoms with Crippen LogP contribution in [0, 0.1) is 0 Å². The van der Waals surface area contributed by atoms with Crippen molar-refractivity contribution < 1.29 is 24.6 Å². The van der Waals surface area contributed by atoms with Crippen LogP contribution in [0.1, 0.15) is 129 Å². The number of hydrogen-bond donors (Lipinski definition) is 5. The topological polar surface area (TPSA) is 156 Å². The standard InChI is InChI=1S/C20H39NO3.C6H14N2O2/c1-2-3-4-5-6-7-8-9-10-11-12-13-14-15-16-17-19(22)21-18-20(23)24;7-4-2-1-3-5(8)6(9)10/h2-18H2,1H3,(H,21,22)(H,23,24);5H,1-4,7-8H2,(H,9,10)/t;5-/m.0/s1. The van der Waals surface area contributed by atoms with Crippen LogP contribution in [0.25, 0.3) is 0 Å². The SMILES string of the molecule is CCCCCCCCCCCCCCCCCC(=O)NCC(=O)O.NCCCC[C@H](N)C(=O)O. The first-order valence-electron chi connectivity index (χ1n) is 13.5.